The van der Waals surface area contributed by atoms with Crippen molar-refractivity contribution in [3.05, 3.63) is 28.2 Å². The molecule has 0 atom stereocenters. The molecule has 20 heavy (non-hydrogen) atoms. The van der Waals surface area contributed by atoms with Gasteiger partial charge in [0.25, 0.3) is 0 Å². The Labute approximate surface area is 130 Å². The molecule has 2 rings (SSSR count). The van der Waals surface area contributed by atoms with Crippen LogP contribution >= 0.6 is 35.0 Å². The van der Waals surface area contributed by atoms with Crippen molar-refractivity contribution in [3.8, 4) is 6.01 Å². The standard InChI is InChI=1S/C12H12Cl2N4OS/c1-2-5-19-11-16-10(15)17-12(18-11)20-9-6-7(13)3-4-8(9)14/h3-4,6H,2,5H2,1H3,(H2,15,16,17,18). The maximum atomic E-state index is 6.10. The van der Waals surface area contributed by atoms with E-state index < -0.39 is 0 Å². The van der Waals surface area contributed by atoms with Crippen LogP contribution in [0.4, 0.5) is 5.95 Å². The van der Waals surface area contributed by atoms with Crippen molar-refractivity contribution >= 4 is 40.9 Å². The number of ether oxygens (including phenoxy) is 1. The molecule has 0 amide bonds. The van der Waals surface area contributed by atoms with Gasteiger partial charge >= 0.3 is 6.01 Å². The lowest BCUT2D eigenvalue weighted by Crippen LogP contribution is -2.05. The highest BCUT2D eigenvalue weighted by Crippen LogP contribution is 2.33. The van der Waals surface area contributed by atoms with Crippen LogP contribution in [0.5, 0.6) is 6.01 Å². The van der Waals surface area contributed by atoms with E-state index in [1.807, 2.05) is 6.92 Å². The maximum absolute atomic E-state index is 6.10. The highest BCUT2D eigenvalue weighted by Gasteiger charge is 2.10. The summed E-state index contributed by atoms with van der Waals surface area (Å²) in [7, 11) is 0. The van der Waals surface area contributed by atoms with Gasteiger partial charge in [-0.2, -0.15) is 15.0 Å². The summed E-state index contributed by atoms with van der Waals surface area (Å²) in [6.45, 7) is 2.51. The Kier molecular flexibility index (Phi) is 5.28. The van der Waals surface area contributed by atoms with Crippen LogP contribution in [-0.4, -0.2) is 21.6 Å². The van der Waals surface area contributed by atoms with Crippen molar-refractivity contribution in [1.29, 1.82) is 0 Å². The van der Waals surface area contributed by atoms with Gasteiger partial charge in [-0.05, 0) is 36.4 Å². The molecule has 2 N–H and O–H groups in total. The van der Waals surface area contributed by atoms with Crippen molar-refractivity contribution in [2.75, 3.05) is 12.3 Å². The molecule has 106 valence electrons. The number of nitrogen functional groups attached to an aromatic ring is 1. The SMILES string of the molecule is CCCOc1nc(N)nc(Sc2cc(Cl)ccc2Cl)n1. The number of hydrogen-bond donors (Lipinski definition) is 1. The molecule has 1 aromatic heterocycles. The second-order valence-electron chi connectivity index (χ2n) is 3.78. The second-order valence-corrected chi connectivity index (χ2v) is 5.64. The van der Waals surface area contributed by atoms with E-state index in [4.69, 9.17) is 33.7 Å². The maximum Gasteiger partial charge on any atom is 0.322 e. The second kappa shape index (κ2) is 6.97. The largest absolute Gasteiger partial charge is 0.463 e. The summed E-state index contributed by atoms with van der Waals surface area (Å²) in [5.41, 5.74) is 5.64. The van der Waals surface area contributed by atoms with Crippen molar-refractivity contribution in [2.24, 2.45) is 0 Å². The molecule has 0 aliphatic carbocycles. The summed E-state index contributed by atoms with van der Waals surface area (Å²) < 4.78 is 5.35. The van der Waals surface area contributed by atoms with Crippen molar-refractivity contribution in [1.82, 2.24) is 15.0 Å². The van der Waals surface area contributed by atoms with Crippen LogP contribution in [0.25, 0.3) is 0 Å². The Balaban J connectivity index is 2.24. The lowest BCUT2D eigenvalue weighted by Gasteiger charge is -2.06. The van der Waals surface area contributed by atoms with Gasteiger partial charge in [-0.1, -0.05) is 30.1 Å². The Hall–Kier alpha value is -1.24. The van der Waals surface area contributed by atoms with Crippen LogP contribution < -0.4 is 10.5 Å². The number of nitrogens with two attached hydrogens (primary N) is 1. The molecule has 0 radical (unpaired) electrons. The van der Waals surface area contributed by atoms with Crippen LogP contribution in [-0.2, 0) is 0 Å². The summed E-state index contributed by atoms with van der Waals surface area (Å²) in [5, 5.41) is 1.56. The lowest BCUT2D eigenvalue weighted by atomic mass is 10.4. The van der Waals surface area contributed by atoms with E-state index in [0.717, 1.165) is 11.3 Å². The number of halogens is 2. The third-order valence-electron chi connectivity index (χ3n) is 2.14. The van der Waals surface area contributed by atoms with Crippen molar-refractivity contribution < 1.29 is 4.74 Å². The fourth-order valence-electron chi connectivity index (χ4n) is 1.31. The normalized spacial score (nSPS) is 10.6. The van der Waals surface area contributed by atoms with Crippen LogP contribution in [0, 0.1) is 0 Å². The molecule has 0 aliphatic heterocycles. The van der Waals surface area contributed by atoms with Crippen LogP contribution in [0.15, 0.2) is 28.3 Å². The monoisotopic (exact) mass is 330 g/mol. The van der Waals surface area contributed by atoms with Gasteiger partial charge in [0.15, 0.2) is 0 Å². The topological polar surface area (TPSA) is 73.9 Å². The first kappa shape index (κ1) is 15.2. The van der Waals surface area contributed by atoms with Gasteiger partial charge in [0, 0.05) is 9.92 Å². The third kappa shape index (κ3) is 4.13. The number of aromatic nitrogens is 3. The zero-order valence-corrected chi connectivity index (χ0v) is 13.0. The van der Waals surface area contributed by atoms with Gasteiger partial charge in [0.05, 0.1) is 11.6 Å². The Morgan fingerprint density at radius 1 is 1.25 bits per heavy atom. The first-order valence-corrected chi connectivity index (χ1v) is 7.43. The lowest BCUT2D eigenvalue weighted by molar-refractivity contribution is 0.288. The molecule has 1 aromatic carbocycles. The molecule has 2 aromatic rings. The summed E-state index contributed by atoms with van der Waals surface area (Å²) >= 11 is 13.3. The summed E-state index contributed by atoms with van der Waals surface area (Å²) in [6, 6.07) is 5.37. The molecule has 0 bridgehead atoms. The molecule has 0 fully saturated rings. The molecule has 0 spiro atoms. The average molecular weight is 331 g/mol. The molecule has 5 nitrogen and oxygen atoms in total. The van der Waals surface area contributed by atoms with E-state index in [1.165, 1.54) is 11.8 Å². The molecule has 0 saturated carbocycles. The minimum Gasteiger partial charge on any atom is -0.463 e. The number of rotatable bonds is 5. The number of benzene rings is 1. The highest BCUT2D eigenvalue weighted by molar-refractivity contribution is 7.99. The fourth-order valence-corrected chi connectivity index (χ4v) is 2.59. The summed E-state index contributed by atoms with van der Waals surface area (Å²) in [6.07, 6.45) is 0.855. The zero-order chi connectivity index (χ0) is 14.5. The van der Waals surface area contributed by atoms with Crippen LogP contribution in [0.3, 0.4) is 0 Å². The zero-order valence-electron chi connectivity index (χ0n) is 10.6. The van der Waals surface area contributed by atoms with Gasteiger partial charge in [0.2, 0.25) is 11.1 Å². The number of nitrogens with zero attached hydrogens (tertiary/aromatic N) is 3. The first-order chi connectivity index (χ1) is 9.58. The third-order valence-corrected chi connectivity index (χ3v) is 3.74. The van der Waals surface area contributed by atoms with E-state index in [1.54, 1.807) is 18.2 Å². The predicted octanol–water partition coefficient (Wildman–Crippen LogP) is 3.70. The fraction of sp³-hybridized carbons (Fsp3) is 0.250. The first-order valence-electron chi connectivity index (χ1n) is 5.85. The molecule has 0 unspecified atom stereocenters. The molecule has 1 heterocycles. The Bertz CT molecular complexity index is 612. The summed E-state index contributed by atoms with van der Waals surface area (Å²) in [4.78, 5) is 12.9. The van der Waals surface area contributed by atoms with Crippen LogP contribution in [0.1, 0.15) is 13.3 Å². The van der Waals surface area contributed by atoms with E-state index in [2.05, 4.69) is 15.0 Å². The Morgan fingerprint density at radius 3 is 2.80 bits per heavy atom. The predicted molar refractivity (Wildman–Crippen MR) is 80.6 cm³/mol. The molecule has 0 saturated heterocycles. The molecular weight excluding hydrogens is 319 g/mol. The van der Waals surface area contributed by atoms with Crippen molar-refractivity contribution in [3.63, 3.8) is 0 Å². The Morgan fingerprint density at radius 2 is 2.05 bits per heavy atom. The minimum atomic E-state index is 0.103. The van der Waals surface area contributed by atoms with E-state index in [-0.39, 0.29) is 12.0 Å². The van der Waals surface area contributed by atoms with Gasteiger partial charge in [-0.15, -0.1) is 0 Å². The minimum absolute atomic E-state index is 0.103. The van der Waals surface area contributed by atoms with Crippen LogP contribution in [0.2, 0.25) is 10.0 Å². The smallest absolute Gasteiger partial charge is 0.322 e. The van der Waals surface area contributed by atoms with Gasteiger partial charge in [0.1, 0.15) is 0 Å². The van der Waals surface area contributed by atoms with Gasteiger partial charge in [-0.3, -0.25) is 0 Å². The molecule has 0 aliphatic rings. The molecule has 8 heteroatoms. The quantitative estimate of drug-likeness (QED) is 0.900. The van der Waals surface area contributed by atoms with Gasteiger partial charge < -0.3 is 10.5 Å². The highest BCUT2D eigenvalue weighted by atomic mass is 35.5. The van der Waals surface area contributed by atoms with Crippen molar-refractivity contribution in [2.45, 2.75) is 23.4 Å². The summed E-state index contributed by atoms with van der Waals surface area (Å²) in [5.74, 6) is 0.103. The number of anilines is 1. The van der Waals surface area contributed by atoms with Gasteiger partial charge in [-0.25, -0.2) is 0 Å². The van der Waals surface area contributed by atoms with E-state index >= 15 is 0 Å². The number of hydrogen-bond acceptors (Lipinski definition) is 6. The average Bonchev–Trinajstić information content (AvgIpc) is 2.40. The van der Waals surface area contributed by atoms with E-state index in [9.17, 15) is 0 Å². The molecular formula is C12H12Cl2N4OS. The van der Waals surface area contributed by atoms with E-state index in [0.29, 0.717) is 21.8 Å².